The molecule has 1 atom stereocenters. The summed E-state index contributed by atoms with van der Waals surface area (Å²) >= 11 is 0. The molecule has 1 fully saturated rings. The fourth-order valence-corrected chi connectivity index (χ4v) is 7.16. The van der Waals surface area contributed by atoms with Gasteiger partial charge >= 0.3 is 5.97 Å². The Labute approximate surface area is 219 Å². The third kappa shape index (κ3) is 4.32. The molecular weight excluding hydrogens is 469 g/mol. The lowest BCUT2D eigenvalue weighted by atomic mass is 9.71. The summed E-state index contributed by atoms with van der Waals surface area (Å²) in [5, 5.41) is 9.83. The van der Waals surface area contributed by atoms with Crippen LogP contribution in [-0.2, 0) is 35.4 Å². The number of nitrogens with zero attached hydrogens (tertiary/aromatic N) is 1. The van der Waals surface area contributed by atoms with Crippen LogP contribution in [0, 0.1) is 32.0 Å². The predicted molar refractivity (Wildman–Crippen MR) is 141 cm³/mol. The summed E-state index contributed by atoms with van der Waals surface area (Å²) in [6.07, 6.45) is 6.11. The van der Waals surface area contributed by atoms with Crippen LogP contribution in [0.1, 0.15) is 84.9 Å². The Balaban J connectivity index is 1.71. The molecule has 2 aromatic carbocycles. The maximum Gasteiger partial charge on any atom is 0.307 e. The van der Waals surface area contributed by atoms with Crippen LogP contribution < -0.4 is 4.74 Å². The number of benzene rings is 2. The van der Waals surface area contributed by atoms with Crippen molar-refractivity contribution in [3.05, 3.63) is 50.8 Å². The smallest absolute Gasteiger partial charge is 0.307 e. The lowest BCUT2D eigenvalue weighted by molar-refractivity contribution is -0.138. The molecule has 1 aliphatic carbocycles. The first-order valence-electron chi connectivity index (χ1n) is 13.6. The van der Waals surface area contributed by atoms with Crippen molar-refractivity contribution >= 4 is 11.9 Å². The molecule has 0 spiro atoms. The van der Waals surface area contributed by atoms with Crippen LogP contribution >= 0.6 is 0 Å². The second-order valence-electron chi connectivity index (χ2n) is 11.9. The number of carbonyl (C=O) groups is 2. The summed E-state index contributed by atoms with van der Waals surface area (Å²) in [7, 11) is 0. The molecule has 0 bridgehead atoms. The van der Waals surface area contributed by atoms with Gasteiger partial charge in [0, 0.05) is 18.2 Å². The Kier molecular flexibility index (Phi) is 6.57. The van der Waals surface area contributed by atoms with Gasteiger partial charge in [0.2, 0.25) is 5.91 Å². The van der Waals surface area contributed by atoms with E-state index in [2.05, 4.69) is 18.7 Å². The van der Waals surface area contributed by atoms with E-state index in [1.807, 2.05) is 20.8 Å². The molecule has 2 aromatic rings. The molecule has 3 aliphatic rings. The van der Waals surface area contributed by atoms with Crippen molar-refractivity contribution in [3.63, 3.8) is 0 Å². The summed E-state index contributed by atoms with van der Waals surface area (Å²) in [5.41, 5.74) is 7.96. The standard InChI is InChI=1S/C31H38FNO4/c1-17-20-9-8-12-37-30(20)25(32)13-22(17)29-19(3)24-16-33(26-10-6-7-11-31(26,4)5)27(34)14-21(24)18(2)23(29)15-28(35)36/h13,26H,6-12,14-16H2,1-5H3,(H,35,36). The molecule has 0 radical (unpaired) electrons. The molecule has 2 aliphatic heterocycles. The number of hydrogen-bond acceptors (Lipinski definition) is 3. The van der Waals surface area contributed by atoms with Gasteiger partial charge in [0.1, 0.15) is 0 Å². The molecule has 1 unspecified atom stereocenters. The maximum absolute atomic E-state index is 15.3. The number of fused-ring (bicyclic) bond motifs is 2. The number of amides is 1. The Morgan fingerprint density at radius 1 is 1.11 bits per heavy atom. The van der Waals surface area contributed by atoms with Crippen LogP contribution in [0.15, 0.2) is 6.07 Å². The fourth-order valence-electron chi connectivity index (χ4n) is 7.16. The SMILES string of the molecule is Cc1c(-c2c(C)c3c(c(C)c2CC(=O)O)CC(=O)N(C2CCCCC2(C)C)C3)cc(F)c2c1CCCO2. The zero-order valence-electron chi connectivity index (χ0n) is 22.7. The lowest BCUT2D eigenvalue weighted by Gasteiger charge is -2.47. The molecule has 0 saturated heterocycles. The minimum Gasteiger partial charge on any atom is -0.490 e. The van der Waals surface area contributed by atoms with Crippen molar-refractivity contribution < 1.29 is 23.8 Å². The number of aliphatic carboxylic acids is 1. The average molecular weight is 508 g/mol. The number of halogens is 1. The first-order chi connectivity index (χ1) is 17.5. The zero-order chi connectivity index (χ0) is 26.6. The van der Waals surface area contributed by atoms with Gasteiger partial charge in [0.05, 0.1) is 19.4 Å². The second-order valence-corrected chi connectivity index (χ2v) is 11.9. The largest absolute Gasteiger partial charge is 0.490 e. The minimum absolute atomic E-state index is 0.0542. The Hall–Kier alpha value is -2.89. The number of carboxylic acid groups (broad SMARTS) is 1. The van der Waals surface area contributed by atoms with Gasteiger partial charge in [-0.2, -0.15) is 0 Å². The van der Waals surface area contributed by atoms with Gasteiger partial charge in [0.15, 0.2) is 11.6 Å². The monoisotopic (exact) mass is 507 g/mol. The molecule has 1 amide bonds. The van der Waals surface area contributed by atoms with E-state index in [0.717, 1.165) is 76.6 Å². The van der Waals surface area contributed by atoms with Crippen molar-refractivity contribution in [1.29, 1.82) is 0 Å². The number of hydrogen-bond donors (Lipinski definition) is 1. The van der Waals surface area contributed by atoms with Crippen LogP contribution in [0.2, 0.25) is 0 Å². The molecule has 5 nitrogen and oxygen atoms in total. The number of carbonyl (C=O) groups excluding carboxylic acids is 1. The summed E-state index contributed by atoms with van der Waals surface area (Å²) in [6, 6.07) is 1.71. The van der Waals surface area contributed by atoms with Crippen molar-refractivity contribution in [2.24, 2.45) is 5.41 Å². The van der Waals surface area contributed by atoms with E-state index in [1.165, 1.54) is 12.5 Å². The van der Waals surface area contributed by atoms with Crippen molar-refractivity contribution in [2.75, 3.05) is 6.61 Å². The Morgan fingerprint density at radius 3 is 2.57 bits per heavy atom. The molecule has 2 heterocycles. The molecule has 6 heteroatoms. The fraction of sp³-hybridized carbons (Fsp3) is 0.548. The Morgan fingerprint density at radius 2 is 1.86 bits per heavy atom. The van der Waals surface area contributed by atoms with Gasteiger partial charge in [0.25, 0.3) is 0 Å². The van der Waals surface area contributed by atoms with Gasteiger partial charge in [-0.25, -0.2) is 4.39 Å². The zero-order valence-corrected chi connectivity index (χ0v) is 22.7. The van der Waals surface area contributed by atoms with Crippen LogP contribution in [0.4, 0.5) is 4.39 Å². The van der Waals surface area contributed by atoms with Crippen LogP contribution in [-0.4, -0.2) is 34.5 Å². The van der Waals surface area contributed by atoms with Crippen LogP contribution in [0.5, 0.6) is 5.75 Å². The van der Waals surface area contributed by atoms with Crippen molar-refractivity contribution in [1.82, 2.24) is 4.90 Å². The van der Waals surface area contributed by atoms with Gasteiger partial charge in [-0.05, 0) is 102 Å². The third-order valence-corrected chi connectivity index (χ3v) is 9.24. The first-order valence-corrected chi connectivity index (χ1v) is 13.6. The highest BCUT2D eigenvalue weighted by Gasteiger charge is 2.41. The van der Waals surface area contributed by atoms with E-state index in [1.54, 1.807) is 0 Å². The topological polar surface area (TPSA) is 66.8 Å². The van der Waals surface area contributed by atoms with Gasteiger partial charge < -0.3 is 14.7 Å². The van der Waals surface area contributed by atoms with Crippen LogP contribution in [0.25, 0.3) is 11.1 Å². The normalized spacial score (nSPS) is 20.8. The van der Waals surface area contributed by atoms with E-state index in [9.17, 15) is 14.7 Å². The lowest BCUT2D eigenvalue weighted by Crippen LogP contribution is -2.51. The van der Waals surface area contributed by atoms with E-state index < -0.39 is 11.8 Å². The number of carboxylic acids is 1. The summed E-state index contributed by atoms with van der Waals surface area (Å²) in [4.78, 5) is 27.6. The van der Waals surface area contributed by atoms with Gasteiger partial charge in [-0.1, -0.05) is 26.7 Å². The van der Waals surface area contributed by atoms with E-state index in [0.29, 0.717) is 24.5 Å². The van der Waals surface area contributed by atoms with Gasteiger partial charge in [-0.15, -0.1) is 0 Å². The molecule has 0 aromatic heterocycles. The summed E-state index contributed by atoms with van der Waals surface area (Å²) in [5.74, 6) is -0.879. The van der Waals surface area contributed by atoms with Crippen LogP contribution in [0.3, 0.4) is 0 Å². The quantitative estimate of drug-likeness (QED) is 0.533. The van der Waals surface area contributed by atoms with Gasteiger partial charge in [-0.3, -0.25) is 9.59 Å². The third-order valence-electron chi connectivity index (χ3n) is 9.24. The number of rotatable bonds is 4. The number of ether oxygens (including phenoxy) is 1. The average Bonchev–Trinajstić information content (AvgIpc) is 2.85. The minimum atomic E-state index is -0.934. The molecule has 1 saturated carbocycles. The molecular formula is C31H38FNO4. The first kappa shape index (κ1) is 25.7. The van der Waals surface area contributed by atoms with E-state index >= 15 is 4.39 Å². The highest BCUT2D eigenvalue weighted by Crippen LogP contribution is 2.45. The molecule has 37 heavy (non-hydrogen) atoms. The molecule has 1 N–H and O–H groups in total. The van der Waals surface area contributed by atoms with Crippen molar-refractivity contribution in [3.8, 4) is 16.9 Å². The van der Waals surface area contributed by atoms with E-state index in [-0.39, 0.29) is 30.2 Å². The van der Waals surface area contributed by atoms with Crippen molar-refractivity contribution in [2.45, 2.75) is 98.6 Å². The second kappa shape index (κ2) is 9.45. The summed E-state index contributed by atoms with van der Waals surface area (Å²) in [6.45, 7) is 11.5. The highest BCUT2D eigenvalue weighted by molar-refractivity contribution is 5.87. The van der Waals surface area contributed by atoms with E-state index in [4.69, 9.17) is 4.74 Å². The molecule has 198 valence electrons. The summed E-state index contributed by atoms with van der Waals surface area (Å²) < 4.78 is 21.0. The predicted octanol–water partition coefficient (Wildman–Crippen LogP) is 6.22. The highest BCUT2D eigenvalue weighted by atomic mass is 19.1. The Bertz CT molecular complexity index is 1300. The maximum atomic E-state index is 15.3. The molecule has 5 rings (SSSR count).